The van der Waals surface area contributed by atoms with Crippen molar-refractivity contribution in [3.63, 3.8) is 0 Å². The summed E-state index contributed by atoms with van der Waals surface area (Å²) in [6.45, 7) is 4.09. The molecule has 5 nitrogen and oxygen atoms in total. The van der Waals surface area contributed by atoms with Crippen LogP contribution in [0.2, 0.25) is 0 Å². The summed E-state index contributed by atoms with van der Waals surface area (Å²) in [5.41, 5.74) is 0. The lowest BCUT2D eigenvalue weighted by molar-refractivity contribution is -0.124. The molecule has 0 spiro atoms. The Morgan fingerprint density at radius 2 is 1.16 bits per heavy atom. The van der Waals surface area contributed by atoms with Crippen LogP contribution in [0.4, 0.5) is 0 Å². The summed E-state index contributed by atoms with van der Waals surface area (Å²) in [6.07, 6.45) is 31.4. The number of carbonyl (C=O) groups excluding carboxylic acids is 1. The van der Waals surface area contributed by atoms with E-state index in [2.05, 4.69) is 37.4 Å². The molecule has 3 unspecified atom stereocenters. The highest BCUT2D eigenvalue weighted by Crippen LogP contribution is 2.11. The molecule has 0 aromatic heterocycles. The molecule has 3 atom stereocenters. The number of hydrogen-bond acceptors (Lipinski definition) is 4. The number of unbranched alkanes of at least 4 members (excludes halogenated alkanes) is 14. The monoisotopic (exact) mass is 521 g/mol. The maximum Gasteiger partial charge on any atom is 0.223 e. The largest absolute Gasteiger partial charge is 0.394 e. The maximum atomic E-state index is 12.2. The quantitative estimate of drug-likeness (QED) is 0.0710. The van der Waals surface area contributed by atoms with Gasteiger partial charge in [-0.3, -0.25) is 4.79 Å². The molecule has 0 heterocycles. The molecule has 0 saturated heterocycles. The molecule has 216 valence electrons. The first kappa shape index (κ1) is 35.6. The SMILES string of the molecule is CCCCCC/C=C\CC(O)CC(=O)NC(CO)C(O)/C=C/CC/C=C/CCCCCCCCCCC. The molecule has 0 rings (SSSR count). The summed E-state index contributed by atoms with van der Waals surface area (Å²) in [5, 5.41) is 32.6. The second-order valence-corrected chi connectivity index (χ2v) is 10.4. The van der Waals surface area contributed by atoms with Crippen LogP contribution in [0.25, 0.3) is 0 Å². The first-order chi connectivity index (χ1) is 18.0. The number of rotatable bonds is 26. The maximum absolute atomic E-state index is 12.2. The molecule has 0 bridgehead atoms. The Morgan fingerprint density at radius 1 is 0.676 bits per heavy atom. The molecule has 0 fully saturated rings. The van der Waals surface area contributed by atoms with Gasteiger partial charge in [0.05, 0.1) is 31.3 Å². The molecule has 0 aliphatic heterocycles. The van der Waals surface area contributed by atoms with E-state index < -0.39 is 18.2 Å². The number of aliphatic hydroxyl groups excluding tert-OH is 3. The van der Waals surface area contributed by atoms with E-state index in [4.69, 9.17) is 0 Å². The molecule has 37 heavy (non-hydrogen) atoms. The normalized spacial score (nSPS) is 14.6. The van der Waals surface area contributed by atoms with E-state index in [-0.39, 0.29) is 18.9 Å². The Hall–Kier alpha value is -1.43. The van der Waals surface area contributed by atoms with Gasteiger partial charge in [0.1, 0.15) is 0 Å². The van der Waals surface area contributed by atoms with Crippen molar-refractivity contribution >= 4 is 5.91 Å². The van der Waals surface area contributed by atoms with E-state index in [0.717, 1.165) is 32.1 Å². The molecule has 4 N–H and O–H groups in total. The van der Waals surface area contributed by atoms with Gasteiger partial charge in [0.25, 0.3) is 0 Å². The Bertz CT molecular complexity index is 587. The van der Waals surface area contributed by atoms with Crippen molar-refractivity contribution < 1.29 is 20.1 Å². The van der Waals surface area contributed by atoms with E-state index in [1.807, 2.05) is 12.2 Å². The van der Waals surface area contributed by atoms with Gasteiger partial charge < -0.3 is 20.6 Å². The summed E-state index contributed by atoms with van der Waals surface area (Å²) < 4.78 is 0. The van der Waals surface area contributed by atoms with E-state index >= 15 is 0 Å². The summed E-state index contributed by atoms with van der Waals surface area (Å²) in [6, 6.07) is -0.771. The van der Waals surface area contributed by atoms with Gasteiger partial charge in [-0.1, -0.05) is 121 Å². The van der Waals surface area contributed by atoms with Crippen molar-refractivity contribution in [1.29, 1.82) is 0 Å². The second kappa shape index (κ2) is 27.6. The van der Waals surface area contributed by atoms with E-state index in [1.165, 1.54) is 77.0 Å². The Kier molecular flexibility index (Phi) is 26.5. The average Bonchev–Trinajstić information content (AvgIpc) is 2.88. The van der Waals surface area contributed by atoms with Crippen molar-refractivity contribution in [2.24, 2.45) is 0 Å². The topological polar surface area (TPSA) is 89.8 Å². The number of nitrogens with one attached hydrogen (secondary N) is 1. The van der Waals surface area contributed by atoms with Crippen molar-refractivity contribution in [1.82, 2.24) is 5.32 Å². The zero-order valence-corrected chi connectivity index (χ0v) is 24.1. The first-order valence-electron chi connectivity index (χ1n) is 15.3. The van der Waals surface area contributed by atoms with Crippen LogP contribution >= 0.6 is 0 Å². The zero-order valence-electron chi connectivity index (χ0n) is 24.1. The third-order valence-corrected chi connectivity index (χ3v) is 6.65. The summed E-state index contributed by atoms with van der Waals surface area (Å²) in [7, 11) is 0. The van der Waals surface area contributed by atoms with Crippen LogP contribution in [0.5, 0.6) is 0 Å². The molecule has 0 aromatic rings. The van der Waals surface area contributed by atoms with Crippen molar-refractivity contribution in [2.45, 2.75) is 154 Å². The van der Waals surface area contributed by atoms with Crippen molar-refractivity contribution in [3.8, 4) is 0 Å². The van der Waals surface area contributed by atoms with Gasteiger partial charge in [-0.05, 0) is 44.9 Å². The van der Waals surface area contributed by atoms with Crippen LogP contribution in [-0.2, 0) is 4.79 Å². The molecule has 0 aliphatic carbocycles. The predicted molar refractivity (Wildman–Crippen MR) is 158 cm³/mol. The minimum Gasteiger partial charge on any atom is -0.394 e. The summed E-state index contributed by atoms with van der Waals surface area (Å²) in [4.78, 5) is 12.2. The van der Waals surface area contributed by atoms with Gasteiger partial charge in [0.2, 0.25) is 5.91 Å². The Morgan fingerprint density at radius 3 is 1.76 bits per heavy atom. The van der Waals surface area contributed by atoms with E-state index in [0.29, 0.717) is 6.42 Å². The minimum absolute atomic E-state index is 0.0448. The van der Waals surface area contributed by atoms with Gasteiger partial charge in [-0.15, -0.1) is 0 Å². The van der Waals surface area contributed by atoms with Crippen LogP contribution in [0.3, 0.4) is 0 Å². The molecule has 0 radical (unpaired) electrons. The smallest absolute Gasteiger partial charge is 0.223 e. The fourth-order valence-corrected chi connectivity index (χ4v) is 4.23. The van der Waals surface area contributed by atoms with Gasteiger partial charge >= 0.3 is 0 Å². The summed E-state index contributed by atoms with van der Waals surface area (Å²) >= 11 is 0. The number of aliphatic hydroxyl groups is 3. The average molecular weight is 522 g/mol. The second-order valence-electron chi connectivity index (χ2n) is 10.4. The number of allylic oxidation sites excluding steroid dienone is 4. The molecule has 5 heteroatoms. The third kappa shape index (κ3) is 24.7. The van der Waals surface area contributed by atoms with Gasteiger partial charge in [-0.2, -0.15) is 0 Å². The Labute approximate surface area is 228 Å². The third-order valence-electron chi connectivity index (χ3n) is 6.65. The predicted octanol–water partition coefficient (Wildman–Crippen LogP) is 7.31. The van der Waals surface area contributed by atoms with E-state index in [9.17, 15) is 20.1 Å². The zero-order chi connectivity index (χ0) is 27.4. The lowest BCUT2D eigenvalue weighted by Crippen LogP contribution is -2.45. The van der Waals surface area contributed by atoms with Crippen LogP contribution < -0.4 is 5.32 Å². The lowest BCUT2D eigenvalue weighted by atomic mass is 10.1. The van der Waals surface area contributed by atoms with E-state index in [1.54, 1.807) is 6.08 Å². The van der Waals surface area contributed by atoms with Crippen molar-refractivity contribution in [3.05, 3.63) is 36.5 Å². The summed E-state index contributed by atoms with van der Waals surface area (Å²) in [5.74, 6) is -0.366. The van der Waals surface area contributed by atoms with Crippen LogP contribution in [0.15, 0.2) is 36.5 Å². The van der Waals surface area contributed by atoms with Crippen LogP contribution in [-0.4, -0.2) is 46.1 Å². The molecular formula is C32H59NO4. The van der Waals surface area contributed by atoms with Crippen molar-refractivity contribution in [2.75, 3.05) is 6.61 Å². The van der Waals surface area contributed by atoms with Gasteiger partial charge in [-0.25, -0.2) is 0 Å². The Balaban J connectivity index is 3.91. The number of carbonyl (C=O) groups is 1. The number of amides is 1. The standard InChI is InChI=1S/C32H59NO4/c1-3-5-7-9-11-12-13-14-15-16-17-18-20-22-24-26-31(36)30(28-34)33-32(37)27-29(35)25-23-21-19-10-8-6-4-2/h17-18,21,23-24,26,29-31,34-36H,3-16,19-20,22,25,27-28H2,1-2H3,(H,33,37)/b18-17+,23-21-,26-24+. The molecule has 0 saturated carbocycles. The first-order valence-corrected chi connectivity index (χ1v) is 15.3. The highest BCUT2D eigenvalue weighted by molar-refractivity contribution is 5.76. The van der Waals surface area contributed by atoms with Gasteiger partial charge in [0.15, 0.2) is 0 Å². The fraction of sp³-hybridized carbons (Fsp3) is 0.781. The molecule has 0 aromatic carbocycles. The number of hydrogen-bond donors (Lipinski definition) is 4. The molecular weight excluding hydrogens is 462 g/mol. The molecule has 0 aliphatic rings. The molecule has 1 amide bonds. The lowest BCUT2D eigenvalue weighted by Gasteiger charge is -2.20. The highest BCUT2D eigenvalue weighted by atomic mass is 16.3. The minimum atomic E-state index is -0.958. The van der Waals surface area contributed by atoms with Gasteiger partial charge in [0, 0.05) is 0 Å². The highest BCUT2D eigenvalue weighted by Gasteiger charge is 2.19. The van der Waals surface area contributed by atoms with Crippen LogP contribution in [0.1, 0.15) is 136 Å². The fourth-order valence-electron chi connectivity index (χ4n) is 4.23. The van der Waals surface area contributed by atoms with Crippen LogP contribution in [0, 0.1) is 0 Å².